The largest absolute Gasteiger partial charge is 0.480 e. The van der Waals surface area contributed by atoms with Crippen molar-refractivity contribution in [2.75, 3.05) is 18.0 Å². The smallest absolute Gasteiger partial charge is 0.320 e. The zero-order chi connectivity index (χ0) is 13.8. The van der Waals surface area contributed by atoms with Gasteiger partial charge in [0.1, 0.15) is 6.04 Å². The molecule has 1 aliphatic heterocycles. The average molecular weight is 262 g/mol. The van der Waals surface area contributed by atoms with Crippen LogP contribution in [-0.2, 0) is 16.0 Å². The number of aryl methyl sites for hydroxylation is 1. The number of rotatable bonds is 4. The minimum atomic E-state index is -0.952. The molecule has 0 radical (unpaired) electrons. The summed E-state index contributed by atoms with van der Waals surface area (Å²) in [5.74, 6) is -1.04. The van der Waals surface area contributed by atoms with Crippen LogP contribution in [0.2, 0.25) is 0 Å². The van der Waals surface area contributed by atoms with Crippen LogP contribution in [0.15, 0.2) is 24.3 Å². The number of aliphatic carboxylic acids is 1. The molecular weight excluding hydrogens is 244 g/mol. The number of carbonyl (C=O) groups excluding carboxylic acids is 1. The van der Waals surface area contributed by atoms with Crippen molar-refractivity contribution >= 4 is 17.6 Å². The van der Waals surface area contributed by atoms with Crippen molar-refractivity contribution < 1.29 is 14.7 Å². The van der Waals surface area contributed by atoms with Crippen LogP contribution in [0.1, 0.15) is 18.9 Å². The summed E-state index contributed by atoms with van der Waals surface area (Å²) < 4.78 is 0. The summed E-state index contributed by atoms with van der Waals surface area (Å²) in [6.07, 6.45) is 1.93. The van der Waals surface area contributed by atoms with E-state index in [-0.39, 0.29) is 12.5 Å². The zero-order valence-electron chi connectivity index (χ0n) is 10.9. The summed E-state index contributed by atoms with van der Waals surface area (Å²) in [6, 6.07) is 7.13. The first-order valence-corrected chi connectivity index (χ1v) is 6.44. The van der Waals surface area contributed by atoms with Crippen molar-refractivity contribution in [1.29, 1.82) is 0 Å². The number of amides is 1. The van der Waals surface area contributed by atoms with Crippen LogP contribution in [0.25, 0.3) is 0 Å². The second-order valence-corrected chi connectivity index (χ2v) is 4.72. The maximum atomic E-state index is 12.2. The molecule has 102 valence electrons. The van der Waals surface area contributed by atoms with Crippen LogP contribution < -0.4 is 10.2 Å². The molecule has 0 aliphatic carbocycles. The van der Waals surface area contributed by atoms with E-state index in [0.717, 1.165) is 18.5 Å². The molecule has 1 heterocycles. The third-order valence-electron chi connectivity index (χ3n) is 3.34. The van der Waals surface area contributed by atoms with Crippen molar-refractivity contribution in [3.63, 3.8) is 0 Å². The minimum Gasteiger partial charge on any atom is -0.480 e. The Morgan fingerprint density at radius 2 is 2.16 bits per heavy atom. The maximum Gasteiger partial charge on any atom is 0.320 e. The van der Waals surface area contributed by atoms with E-state index in [2.05, 4.69) is 5.32 Å². The van der Waals surface area contributed by atoms with Gasteiger partial charge in [0.05, 0.1) is 6.54 Å². The molecule has 0 saturated carbocycles. The summed E-state index contributed by atoms with van der Waals surface area (Å²) in [6.45, 7) is 2.26. The van der Waals surface area contributed by atoms with Gasteiger partial charge in [-0.05, 0) is 31.4 Å². The van der Waals surface area contributed by atoms with Gasteiger partial charge in [0, 0.05) is 12.2 Å². The first kappa shape index (κ1) is 13.5. The number of benzene rings is 1. The SMILES string of the molecule is C[C@@H](NCC(=O)N1CCCc2ccccc21)C(=O)O. The second kappa shape index (κ2) is 5.84. The number of nitrogens with zero attached hydrogens (tertiary/aromatic N) is 1. The Bertz CT molecular complexity index is 487. The lowest BCUT2D eigenvalue weighted by molar-refractivity contribution is -0.139. The fraction of sp³-hybridized carbons (Fsp3) is 0.429. The number of para-hydroxylation sites is 1. The summed E-state index contributed by atoms with van der Waals surface area (Å²) in [5.41, 5.74) is 2.12. The van der Waals surface area contributed by atoms with Gasteiger partial charge in [0.15, 0.2) is 0 Å². The number of hydrogen-bond acceptors (Lipinski definition) is 3. The van der Waals surface area contributed by atoms with E-state index in [9.17, 15) is 9.59 Å². The molecule has 0 unspecified atom stereocenters. The fourth-order valence-corrected chi connectivity index (χ4v) is 2.22. The molecule has 2 N–H and O–H groups in total. The van der Waals surface area contributed by atoms with Crippen LogP contribution in [0.4, 0.5) is 5.69 Å². The number of carbonyl (C=O) groups is 2. The molecule has 5 heteroatoms. The van der Waals surface area contributed by atoms with Gasteiger partial charge in [-0.15, -0.1) is 0 Å². The molecule has 1 atom stereocenters. The summed E-state index contributed by atoms with van der Waals surface area (Å²) >= 11 is 0. The first-order chi connectivity index (χ1) is 9.09. The third kappa shape index (κ3) is 3.12. The van der Waals surface area contributed by atoms with Gasteiger partial charge in [-0.25, -0.2) is 0 Å². The van der Waals surface area contributed by atoms with Crippen LogP contribution in [0, 0.1) is 0 Å². The van der Waals surface area contributed by atoms with Crippen molar-refractivity contribution in [3.8, 4) is 0 Å². The van der Waals surface area contributed by atoms with Gasteiger partial charge >= 0.3 is 5.97 Å². The summed E-state index contributed by atoms with van der Waals surface area (Å²) in [7, 11) is 0. The Balaban J connectivity index is 2.03. The van der Waals surface area contributed by atoms with E-state index in [1.165, 1.54) is 12.5 Å². The van der Waals surface area contributed by atoms with Crippen molar-refractivity contribution in [2.45, 2.75) is 25.8 Å². The van der Waals surface area contributed by atoms with E-state index in [1.807, 2.05) is 24.3 Å². The topological polar surface area (TPSA) is 69.6 Å². The Labute approximate surface area is 112 Å². The molecule has 0 aromatic heterocycles. The van der Waals surface area contributed by atoms with Crippen molar-refractivity contribution in [3.05, 3.63) is 29.8 Å². The van der Waals surface area contributed by atoms with Gasteiger partial charge in [-0.1, -0.05) is 18.2 Å². The van der Waals surface area contributed by atoms with E-state index >= 15 is 0 Å². The van der Waals surface area contributed by atoms with Crippen LogP contribution in [-0.4, -0.2) is 36.1 Å². The lowest BCUT2D eigenvalue weighted by Crippen LogP contribution is -2.45. The predicted molar refractivity (Wildman–Crippen MR) is 72.2 cm³/mol. The molecule has 1 aliphatic rings. The van der Waals surface area contributed by atoms with Gasteiger partial charge < -0.3 is 10.0 Å². The number of nitrogens with one attached hydrogen (secondary N) is 1. The highest BCUT2D eigenvalue weighted by atomic mass is 16.4. The molecule has 0 spiro atoms. The summed E-state index contributed by atoms with van der Waals surface area (Å²) in [5, 5.41) is 11.5. The number of fused-ring (bicyclic) bond motifs is 1. The van der Waals surface area contributed by atoms with E-state index in [4.69, 9.17) is 5.11 Å². The van der Waals surface area contributed by atoms with Gasteiger partial charge in [-0.3, -0.25) is 14.9 Å². The van der Waals surface area contributed by atoms with Crippen LogP contribution in [0.3, 0.4) is 0 Å². The number of carboxylic acids is 1. The highest BCUT2D eigenvalue weighted by molar-refractivity contribution is 5.96. The highest BCUT2D eigenvalue weighted by Crippen LogP contribution is 2.26. The lowest BCUT2D eigenvalue weighted by atomic mass is 10.0. The molecule has 5 nitrogen and oxygen atoms in total. The molecule has 1 aromatic rings. The van der Waals surface area contributed by atoms with Crippen molar-refractivity contribution in [1.82, 2.24) is 5.32 Å². The van der Waals surface area contributed by atoms with Crippen LogP contribution in [0.5, 0.6) is 0 Å². The Morgan fingerprint density at radius 1 is 1.42 bits per heavy atom. The lowest BCUT2D eigenvalue weighted by Gasteiger charge is -2.29. The van der Waals surface area contributed by atoms with Crippen molar-refractivity contribution in [2.24, 2.45) is 0 Å². The third-order valence-corrected chi connectivity index (χ3v) is 3.34. The van der Waals surface area contributed by atoms with E-state index < -0.39 is 12.0 Å². The van der Waals surface area contributed by atoms with Gasteiger partial charge in [0.2, 0.25) is 5.91 Å². The Kier molecular flexibility index (Phi) is 4.16. The first-order valence-electron chi connectivity index (χ1n) is 6.44. The van der Waals surface area contributed by atoms with Gasteiger partial charge in [-0.2, -0.15) is 0 Å². The number of carboxylic acid groups (broad SMARTS) is 1. The molecule has 2 rings (SSSR count). The Morgan fingerprint density at radius 3 is 2.89 bits per heavy atom. The normalized spacial score (nSPS) is 15.7. The molecule has 1 amide bonds. The fourth-order valence-electron chi connectivity index (χ4n) is 2.22. The summed E-state index contributed by atoms with van der Waals surface area (Å²) in [4.78, 5) is 24.6. The molecule has 0 fully saturated rings. The predicted octanol–water partition coefficient (Wildman–Crippen LogP) is 1.03. The second-order valence-electron chi connectivity index (χ2n) is 4.72. The van der Waals surface area contributed by atoms with Gasteiger partial charge in [0.25, 0.3) is 0 Å². The van der Waals surface area contributed by atoms with E-state index in [0.29, 0.717) is 6.54 Å². The maximum absolute atomic E-state index is 12.2. The highest BCUT2D eigenvalue weighted by Gasteiger charge is 2.22. The Hall–Kier alpha value is -1.88. The molecule has 1 aromatic carbocycles. The molecule has 19 heavy (non-hydrogen) atoms. The van der Waals surface area contributed by atoms with E-state index in [1.54, 1.807) is 4.90 Å². The molecule has 0 saturated heterocycles. The molecule has 0 bridgehead atoms. The standard InChI is InChI=1S/C14H18N2O3/c1-10(14(18)19)15-9-13(17)16-8-4-6-11-5-2-3-7-12(11)16/h2-3,5,7,10,15H,4,6,8-9H2,1H3,(H,18,19)/t10-/m1/s1. The monoisotopic (exact) mass is 262 g/mol. The number of hydrogen-bond donors (Lipinski definition) is 2. The zero-order valence-corrected chi connectivity index (χ0v) is 10.9. The quantitative estimate of drug-likeness (QED) is 0.850. The minimum absolute atomic E-state index is 0.0435. The average Bonchev–Trinajstić information content (AvgIpc) is 2.43. The van der Waals surface area contributed by atoms with Crippen LogP contribution >= 0.6 is 0 Å². The number of anilines is 1. The molecular formula is C14H18N2O3.